The second-order valence-corrected chi connectivity index (χ2v) is 9.76. The zero-order chi connectivity index (χ0) is 23.9. The molecule has 33 heavy (non-hydrogen) atoms. The van der Waals surface area contributed by atoms with Crippen molar-refractivity contribution in [3.05, 3.63) is 97.6 Å². The number of fused-ring (bicyclic) bond motifs is 1. The maximum Gasteiger partial charge on any atom is 0.343 e. The Labute approximate surface area is 201 Å². The van der Waals surface area contributed by atoms with Gasteiger partial charge in [0.15, 0.2) is 5.76 Å². The lowest BCUT2D eigenvalue weighted by atomic mass is 9.86. The molecule has 0 spiro atoms. The van der Waals surface area contributed by atoms with Gasteiger partial charge in [0, 0.05) is 15.6 Å². The molecule has 1 aromatic heterocycles. The van der Waals surface area contributed by atoms with Crippen molar-refractivity contribution in [3.63, 3.8) is 0 Å². The minimum Gasteiger partial charge on any atom is -0.452 e. The lowest BCUT2D eigenvalue weighted by molar-refractivity contribution is 0.0731. The van der Waals surface area contributed by atoms with Crippen LogP contribution in [0.3, 0.4) is 0 Å². The third-order valence-electron chi connectivity index (χ3n) is 5.40. The molecule has 0 fully saturated rings. The molecular weight excluding hydrogens is 459 g/mol. The monoisotopic (exact) mass is 480 g/mol. The molecule has 0 aliphatic rings. The third kappa shape index (κ3) is 4.68. The summed E-state index contributed by atoms with van der Waals surface area (Å²) < 4.78 is 11.7. The van der Waals surface area contributed by atoms with Crippen LogP contribution in [0.5, 0.6) is 5.75 Å². The van der Waals surface area contributed by atoms with Crippen molar-refractivity contribution in [1.29, 1.82) is 0 Å². The summed E-state index contributed by atoms with van der Waals surface area (Å²) in [5, 5.41) is 1.04. The molecule has 6 heteroatoms. The first-order valence-electron chi connectivity index (χ1n) is 10.4. The van der Waals surface area contributed by atoms with Gasteiger partial charge in [-0.25, -0.2) is 4.79 Å². The molecule has 0 N–H and O–H groups in total. The van der Waals surface area contributed by atoms with Gasteiger partial charge < -0.3 is 9.15 Å². The highest BCUT2D eigenvalue weighted by Crippen LogP contribution is 2.34. The van der Waals surface area contributed by atoms with E-state index in [-0.39, 0.29) is 27.9 Å². The van der Waals surface area contributed by atoms with Crippen molar-refractivity contribution in [3.8, 4) is 17.1 Å². The van der Waals surface area contributed by atoms with Gasteiger partial charge in [0.05, 0.1) is 10.9 Å². The van der Waals surface area contributed by atoms with Gasteiger partial charge >= 0.3 is 5.97 Å². The van der Waals surface area contributed by atoms with Gasteiger partial charge in [-0.3, -0.25) is 4.79 Å². The molecule has 0 unspecified atom stereocenters. The summed E-state index contributed by atoms with van der Waals surface area (Å²) in [4.78, 5) is 26.3. The molecule has 0 atom stereocenters. The molecule has 0 amide bonds. The molecular formula is C27H22Cl2O4. The van der Waals surface area contributed by atoms with Crippen molar-refractivity contribution in [2.75, 3.05) is 0 Å². The number of ether oxygens (including phenoxy) is 1. The minimum atomic E-state index is -0.713. The molecule has 1 heterocycles. The Balaban J connectivity index is 1.91. The molecule has 0 radical (unpaired) electrons. The predicted molar refractivity (Wildman–Crippen MR) is 133 cm³/mol. The largest absolute Gasteiger partial charge is 0.452 e. The molecule has 0 aliphatic heterocycles. The number of carbonyl (C=O) groups excluding carboxylic acids is 1. The average Bonchev–Trinajstić information content (AvgIpc) is 2.76. The van der Waals surface area contributed by atoms with Gasteiger partial charge in [-0.05, 0) is 53.8 Å². The van der Waals surface area contributed by atoms with Crippen LogP contribution in [-0.4, -0.2) is 5.97 Å². The second-order valence-electron chi connectivity index (χ2n) is 8.91. The normalized spacial score (nSPS) is 11.6. The highest BCUT2D eigenvalue weighted by molar-refractivity contribution is 6.32. The lowest BCUT2D eigenvalue weighted by Crippen LogP contribution is -2.16. The summed E-state index contributed by atoms with van der Waals surface area (Å²) in [5.74, 6) is -0.740. The summed E-state index contributed by atoms with van der Waals surface area (Å²) in [6.45, 7) is 8.17. The summed E-state index contributed by atoms with van der Waals surface area (Å²) >= 11 is 12.3. The summed E-state index contributed by atoms with van der Waals surface area (Å²) in [6.07, 6.45) is 0. The Morgan fingerprint density at radius 3 is 2.30 bits per heavy atom. The van der Waals surface area contributed by atoms with Crippen LogP contribution < -0.4 is 10.2 Å². The number of carbonyl (C=O) groups is 1. The first-order chi connectivity index (χ1) is 15.5. The number of halogens is 2. The topological polar surface area (TPSA) is 56.5 Å². The first-order valence-corrected chi connectivity index (χ1v) is 11.2. The van der Waals surface area contributed by atoms with Crippen LogP contribution in [0.1, 0.15) is 42.3 Å². The maximum absolute atomic E-state index is 13.4. The van der Waals surface area contributed by atoms with Gasteiger partial charge in [0.25, 0.3) is 0 Å². The number of esters is 1. The Bertz CT molecular complexity index is 1430. The van der Waals surface area contributed by atoms with Crippen LogP contribution in [0.15, 0.2) is 69.9 Å². The van der Waals surface area contributed by atoms with E-state index in [1.807, 2.05) is 31.2 Å². The van der Waals surface area contributed by atoms with E-state index in [1.54, 1.807) is 24.3 Å². The quantitative estimate of drug-likeness (QED) is 0.283. The van der Waals surface area contributed by atoms with Crippen LogP contribution in [0.2, 0.25) is 10.0 Å². The van der Waals surface area contributed by atoms with Crippen molar-refractivity contribution >= 4 is 40.1 Å². The van der Waals surface area contributed by atoms with Crippen molar-refractivity contribution in [2.45, 2.75) is 33.1 Å². The smallest absolute Gasteiger partial charge is 0.343 e. The van der Waals surface area contributed by atoms with E-state index in [0.717, 1.165) is 11.1 Å². The van der Waals surface area contributed by atoms with Crippen molar-refractivity contribution in [2.24, 2.45) is 0 Å². The van der Waals surface area contributed by atoms with E-state index >= 15 is 0 Å². The number of rotatable bonds is 3. The summed E-state index contributed by atoms with van der Waals surface area (Å²) in [7, 11) is 0. The zero-order valence-corrected chi connectivity index (χ0v) is 20.2. The standard InChI is InChI=1S/C27H22Cl2O4/c1-15-12-22-20(14-21(15)29)23(30)25(33-26(31)17-6-5-7-19(28)13-17)24(32-22)16-8-10-18(11-9-16)27(2,3)4/h5-14H,1-4H3. The van der Waals surface area contributed by atoms with Crippen LogP contribution in [0.4, 0.5) is 0 Å². The van der Waals surface area contributed by atoms with E-state index in [1.165, 1.54) is 12.1 Å². The molecule has 168 valence electrons. The van der Waals surface area contributed by atoms with Crippen LogP contribution in [0, 0.1) is 6.92 Å². The fourth-order valence-electron chi connectivity index (χ4n) is 3.47. The van der Waals surface area contributed by atoms with E-state index in [4.69, 9.17) is 32.4 Å². The van der Waals surface area contributed by atoms with Crippen LogP contribution >= 0.6 is 23.2 Å². The van der Waals surface area contributed by atoms with E-state index in [0.29, 0.717) is 21.2 Å². The van der Waals surface area contributed by atoms with Gasteiger partial charge in [0.2, 0.25) is 11.2 Å². The number of hydrogen-bond donors (Lipinski definition) is 0. The molecule has 0 saturated carbocycles. The van der Waals surface area contributed by atoms with Crippen LogP contribution in [0.25, 0.3) is 22.3 Å². The number of benzene rings is 3. The fraction of sp³-hybridized carbons (Fsp3) is 0.185. The summed E-state index contributed by atoms with van der Waals surface area (Å²) in [6, 6.07) is 17.2. The Hall–Kier alpha value is -3.08. The van der Waals surface area contributed by atoms with E-state index in [9.17, 15) is 9.59 Å². The van der Waals surface area contributed by atoms with Gasteiger partial charge in [-0.1, -0.05) is 74.3 Å². The van der Waals surface area contributed by atoms with Crippen LogP contribution in [-0.2, 0) is 5.41 Å². The minimum absolute atomic E-state index is 0.0432. The number of aryl methyl sites for hydroxylation is 1. The third-order valence-corrected chi connectivity index (χ3v) is 6.04. The van der Waals surface area contributed by atoms with Crippen molar-refractivity contribution in [1.82, 2.24) is 0 Å². The predicted octanol–water partition coefficient (Wildman–Crippen LogP) is 7.59. The zero-order valence-electron chi connectivity index (χ0n) is 18.7. The lowest BCUT2D eigenvalue weighted by Gasteiger charge is -2.19. The molecule has 0 aliphatic carbocycles. The molecule has 0 saturated heterocycles. The Morgan fingerprint density at radius 1 is 0.970 bits per heavy atom. The van der Waals surface area contributed by atoms with Gasteiger partial charge in [-0.15, -0.1) is 0 Å². The molecule has 3 aromatic carbocycles. The molecule has 4 nitrogen and oxygen atoms in total. The molecule has 4 rings (SSSR count). The fourth-order valence-corrected chi connectivity index (χ4v) is 3.82. The SMILES string of the molecule is Cc1cc2oc(-c3ccc(C(C)(C)C)cc3)c(OC(=O)c3cccc(Cl)c3)c(=O)c2cc1Cl. The summed E-state index contributed by atoms with van der Waals surface area (Å²) in [5.41, 5.74) is 2.56. The Kier molecular flexibility index (Phi) is 6.08. The molecule has 4 aromatic rings. The Morgan fingerprint density at radius 2 is 1.67 bits per heavy atom. The highest BCUT2D eigenvalue weighted by atomic mass is 35.5. The van der Waals surface area contributed by atoms with Gasteiger partial charge in [0.1, 0.15) is 5.58 Å². The maximum atomic E-state index is 13.4. The average molecular weight is 481 g/mol. The van der Waals surface area contributed by atoms with Crippen molar-refractivity contribution < 1.29 is 13.9 Å². The number of hydrogen-bond acceptors (Lipinski definition) is 4. The van der Waals surface area contributed by atoms with E-state index in [2.05, 4.69) is 20.8 Å². The van der Waals surface area contributed by atoms with E-state index < -0.39 is 11.4 Å². The highest BCUT2D eigenvalue weighted by Gasteiger charge is 2.23. The second kappa shape index (κ2) is 8.69. The molecule has 0 bridgehead atoms. The van der Waals surface area contributed by atoms with Gasteiger partial charge in [-0.2, -0.15) is 0 Å². The first kappa shape index (κ1) is 23.1.